The summed E-state index contributed by atoms with van der Waals surface area (Å²) < 4.78 is 4.54. The van der Waals surface area contributed by atoms with E-state index in [0.717, 1.165) is 17.6 Å². The maximum Gasteiger partial charge on any atom is 0.333 e. The lowest BCUT2D eigenvalue weighted by Crippen LogP contribution is -2.03. The zero-order valence-corrected chi connectivity index (χ0v) is 7.02. The molecule has 58 valence electrons. The molecule has 0 aliphatic rings. The highest BCUT2D eigenvalue weighted by molar-refractivity contribution is 5.88. The second-order valence-electron chi connectivity index (χ2n) is 2.25. The Morgan fingerprint density at radius 2 is 1.90 bits per heavy atom. The minimum atomic E-state index is -0.223. The highest BCUT2D eigenvalue weighted by atomic mass is 16.5. The smallest absolute Gasteiger partial charge is 0.333 e. The molecule has 2 nitrogen and oxygen atoms in total. The summed E-state index contributed by atoms with van der Waals surface area (Å²) in [6.07, 6.45) is 0.904. The van der Waals surface area contributed by atoms with Gasteiger partial charge in [0, 0.05) is 5.57 Å². The Balaban J connectivity index is 4.30. The van der Waals surface area contributed by atoms with Gasteiger partial charge in [0.05, 0.1) is 7.11 Å². The molecule has 10 heavy (non-hydrogen) atoms. The molecule has 0 aromatic heterocycles. The molecule has 0 aromatic rings. The van der Waals surface area contributed by atoms with Crippen LogP contribution in [0.15, 0.2) is 11.1 Å². The standard InChI is InChI=1S/C8H14O2/c1-5-6(2)7(3)8(9)10-4/h5H2,1-4H3. The number of allylic oxidation sites excluding steroid dienone is 1. The minimum Gasteiger partial charge on any atom is -0.466 e. The molecule has 0 unspecified atom stereocenters. The first-order valence-corrected chi connectivity index (χ1v) is 3.38. The number of hydrogen-bond acceptors (Lipinski definition) is 2. The van der Waals surface area contributed by atoms with Crippen LogP contribution in [0.1, 0.15) is 27.2 Å². The Kier molecular flexibility index (Phi) is 3.77. The van der Waals surface area contributed by atoms with Crippen LogP contribution in [0.4, 0.5) is 0 Å². The third-order valence-corrected chi connectivity index (χ3v) is 1.66. The van der Waals surface area contributed by atoms with Crippen LogP contribution in [-0.4, -0.2) is 13.1 Å². The molecule has 0 atom stereocenters. The molecular formula is C8H14O2. The van der Waals surface area contributed by atoms with Crippen LogP contribution in [0, 0.1) is 0 Å². The zero-order valence-electron chi connectivity index (χ0n) is 7.02. The van der Waals surface area contributed by atoms with Gasteiger partial charge in [-0.15, -0.1) is 0 Å². The normalized spacial score (nSPS) is 12.4. The molecule has 0 amide bonds. The molecule has 0 N–H and O–H groups in total. The van der Waals surface area contributed by atoms with E-state index in [9.17, 15) is 4.79 Å². The van der Waals surface area contributed by atoms with E-state index in [1.165, 1.54) is 7.11 Å². The summed E-state index contributed by atoms with van der Waals surface area (Å²) >= 11 is 0. The summed E-state index contributed by atoms with van der Waals surface area (Å²) in [6, 6.07) is 0. The molecule has 2 heteroatoms. The Morgan fingerprint density at radius 1 is 1.40 bits per heavy atom. The monoisotopic (exact) mass is 142 g/mol. The highest BCUT2D eigenvalue weighted by Crippen LogP contribution is 2.07. The second kappa shape index (κ2) is 4.09. The minimum absolute atomic E-state index is 0.223. The average molecular weight is 142 g/mol. The van der Waals surface area contributed by atoms with Crippen molar-refractivity contribution in [2.24, 2.45) is 0 Å². The van der Waals surface area contributed by atoms with Gasteiger partial charge < -0.3 is 4.74 Å². The first-order valence-electron chi connectivity index (χ1n) is 3.38. The van der Waals surface area contributed by atoms with Gasteiger partial charge in [-0.3, -0.25) is 0 Å². The van der Waals surface area contributed by atoms with E-state index in [1.54, 1.807) is 6.92 Å². The third kappa shape index (κ3) is 2.21. The maximum atomic E-state index is 10.8. The van der Waals surface area contributed by atoms with Gasteiger partial charge in [-0.1, -0.05) is 12.5 Å². The van der Waals surface area contributed by atoms with Gasteiger partial charge in [0.15, 0.2) is 0 Å². The molecule has 0 radical (unpaired) electrons. The number of hydrogen-bond donors (Lipinski definition) is 0. The van der Waals surface area contributed by atoms with Crippen molar-refractivity contribution in [3.8, 4) is 0 Å². The van der Waals surface area contributed by atoms with Crippen LogP contribution in [-0.2, 0) is 9.53 Å². The Bertz CT molecular complexity index is 157. The SMILES string of the molecule is CCC(C)=C(C)C(=O)OC. The predicted molar refractivity (Wildman–Crippen MR) is 40.7 cm³/mol. The van der Waals surface area contributed by atoms with Crippen LogP contribution in [0.3, 0.4) is 0 Å². The summed E-state index contributed by atoms with van der Waals surface area (Å²) in [6.45, 7) is 5.73. The summed E-state index contributed by atoms with van der Waals surface area (Å²) in [7, 11) is 1.40. The largest absolute Gasteiger partial charge is 0.466 e. The molecule has 0 fully saturated rings. The summed E-state index contributed by atoms with van der Waals surface area (Å²) in [5.41, 5.74) is 1.82. The summed E-state index contributed by atoms with van der Waals surface area (Å²) in [5, 5.41) is 0. The number of ether oxygens (including phenoxy) is 1. The zero-order chi connectivity index (χ0) is 8.15. The van der Waals surface area contributed by atoms with Gasteiger partial charge in [0.1, 0.15) is 0 Å². The fourth-order valence-electron chi connectivity index (χ4n) is 0.592. The van der Waals surface area contributed by atoms with Gasteiger partial charge in [0.25, 0.3) is 0 Å². The van der Waals surface area contributed by atoms with Crippen LogP contribution in [0.5, 0.6) is 0 Å². The highest BCUT2D eigenvalue weighted by Gasteiger charge is 2.04. The number of carbonyl (C=O) groups is 1. The van der Waals surface area contributed by atoms with Crippen LogP contribution in [0.25, 0.3) is 0 Å². The average Bonchev–Trinajstić information content (AvgIpc) is 2.00. The quantitative estimate of drug-likeness (QED) is 0.435. The molecular weight excluding hydrogens is 128 g/mol. The van der Waals surface area contributed by atoms with Crippen molar-refractivity contribution >= 4 is 5.97 Å². The van der Waals surface area contributed by atoms with Crippen molar-refractivity contribution in [3.63, 3.8) is 0 Å². The van der Waals surface area contributed by atoms with Gasteiger partial charge in [-0.05, 0) is 20.3 Å². The molecule has 0 aromatic carbocycles. The molecule has 0 heterocycles. The fourth-order valence-corrected chi connectivity index (χ4v) is 0.592. The second-order valence-corrected chi connectivity index (χ2v) is 2.25. The Hall–Kier alpha value is -0.790. The molecule has 0 saturated heterocycles. The first-order chi connectivity index (χ1) is 4.63. The van der Waals surface area contributed by atoms with Gasteiger partial charge >= 0.3 is 5.97 Å². The van der Waals surface area contributed by atoms with Gasteiger partial charge in [0.2, 0.25) is 0 Å². The van der Waals surface area contributed by atoms with E-state index in [4.69, 9.17) is 0 Å². The molecule has 0 rings (SSSR count). The lowest BCUT2D eigenvalue weighted by molar-refractivity contribution is -0.136. The number of rotatable bonds is 2. The fraction of sp³-hybridized carbons (Fsp3) is 0.625. The molecule has 0 saturated carbocycles. The molecule has 0 aliphatic carbocycles. The number of methoxy groups -OCH3 is 1. The van der Waals surface area contributed by atoms with Crippen LogP contribution in [0.2, 0.25) is 0 Å². The lowest BCUT2D eigenvalue weighted by Gasteiger charge is -2.01. The van der Waals surface area contributed by atoms with Crippen LogP contribution < -0.4 is 0 Å². The third-order valence-electron chi connectivity index (χ3n) is 1.66. The van der Waals surface area contributed by atoms with Crippen LogP contribution >= 0.6 is 0 Å². The van der Waals surface area contributed by atoms with Crippen molar-refractivity contribution in [2.45, 2.75) is 27.2 Å². The lowest BCUT2D eigenvalue weighted by atomic mass is 10.1. The van der Waals surface area contributed by atoms with Gasteiger partial charge in [-0.25, -0.2) is 4.79 Å². The van der Waals surface area contributed by atoms with Crippen molar-refractivity contribution in [2.75, 3.05) is 7.11 Å². The predicted octanol–water partition coefficient (Wildman–Crippen LogP) is 1.91. The van der Waals surface area contributed by atoms with E-state index in [2.05, 4.69) is 4.74 Å². The van der Waals surface area contributed by atoms with E-state index < -0.39 is 0 Å². The van der Waals surface area contributed by atoms with E-state index in [1.807, 2.05) is 13.8 Å². The van der Waals surface area contributed by atoms with E-state index in [-0.39, 0.29) is 5.97 Å². The maximum absolute atomic E-state index is 10.8. The topological polar surface area (TPSA) is 26.3 Å². The number of esters is 1. The Labute approximate surface area is 61.9 Å². The van der Waals surface area contributed by atoms with Crippen molar-refractivity contribution < 1.29 is 9.53 Å². The molecule has 0 bridgehead atoms. The Morgan fingerprint density at radius 3 is 2.20 bits per heavy atom. The first kappa shape index (κ1) is 9.21. The summed E-state index contributed by atoms with van der Waals surface area (Å²) in [5.74, 6) is -0.223. The number of carbonyl (C=O) groups excluding carboxylic acids is 1. The van der Waals surface area contributed by atoms with E-state index >= 15 is 0 Å². The van der Waals surface area contributed by atoms with Crippen molar-refractivity contribution in [1.82, 2.24) is 0 Å². The summed E-state index contributed by atoms with van der Waals surface area (Å²) in [4.78, 5) is 10.8. The van der Waals surface area contributed by atoms with Crippen molar-refractivity contribution in [3.05, 3.63) is 11.1 Å². The molecule has 0 spiro atoms. The van der Waals surface area contributed by atoms with Gasteiger partial charge in [-0.2, -0.15) is 0 Å². The molecule has 0 aliphatic heterocycles. The van der Waals surface area contributed by atoms with Crippen molar-refractivity contribution in [1.29, 1.82) is 0 Å². The van der Waals surface area contributed by atoms with E-state index in [0.29, 0.717) is 0 Å².